The largest absolute Gasteiger partial charge is 0.306 e. The summed E-state index contributed by atoms with van der Waals surface area (Å²) in [5.74, 6) is 0.577. The topological polar surface area (TPSA) is 63.6 Å². The molecule has 0 fully saturated rings. The van der Waals surface area contributed by atoms with Crippen molar-refractivity contribution in [2.75, 3.05) is 0 Å². The van der Waals surface area contributed by atoms with Crippen LogP contribution in [-0.2, 0) is 0 Å². The van der Waals surface area contributed by atoms with Gasteiger partial charge in [-0.15, -0.1) is 0 Å². The molecule has 0 spiro atoms. The first-order valence-corrected chi connectivity index (χ1v) is 6.89. The molecule has 4 rings (SSSR count). The molecule has 22 heavy (non-hydrogen) atoms. The summed E-state index contributed by atoms with van der Waals surface area (Å²) >= 11 is 0. The van der Waals surface area contributed by atoms with E-state index in [0.717, 1.165) is 11.3 Å². The minimum atomic E-state index is -0.147. The summed E-state index contributed by atoms with van der Waals surface area (Å²) in [5, 5.41) is 0.561. The zero-order valence-corrected chi connectivity index (χ0v) is 11.6. The molecule has 0 aliphatic heterocycles. The van der Waals surface area contributed by atoms with Crippen molar-refractivity contribution < 1.29 is 0 Å². The average Bonchev–Trinajstić information content (AvgIpc) is 3.10. The first-order valence-electron chi connectivity index (χ1n) is 6.89. The van der Waals surface area contributed by atoms with Gasteiger partial charge < -0.3 is 9.55 Å². The van der Waals surface area contributed by atoms with Crippen molar-refractivity contribution in [1.82, 2.24) is 19.5 Å². The maximum Gasteiger partial charge on any atom is 0.259 e. The number of H-pyrrole nitrogens is 1. The molecule has 0 bridgehead atoms. The lowest BCUT2D eigenvalue weighted by Gasteiger charge is -2.06. The number of aromatic amines is 1. The van der Waals surface area contributed by atoms with E-state index in [1.54, 1.807) is 12.5 Å². The maximum atomic E-state index is 12.4. The van der Waals surface area contributed by atoms with Crippen LogP contribution in [0.25, 0.3) is 28.0 Å². The second-order valence-electron chi connectivity index (χ2n) is 4.95. The van der Waals surface area contributed by atoms with E-state index >= 15 is 0 Å². The van der Waals surface area contributed by atoms with Crippen molar-refractivity contribution in [1.29, 1.82) is 0 Å². The van der Waals surface area contributed by atoms with Gasteiger partial charge in [-0.3, -0.25) is 4.79 Å². The molecular weight excluding hydrogens is 276 g/mol. The smallest absolute Gasteiger partial charge is 0.259 e. The number of rotatable bonds is 2. The molecule has 2 aromatic heterocycles. The summed E-state index contributed by atoms with van der Waals surface area (Å²) < 4.78 is 1.85. The quantitative estimate of drug-likeness (QED) is 0.617. The van der Waals surface area contributed by atoms with E-state index in [0.29, 0.717) is 16.7 Å². The Morgan fingerprint density at radius 3 is 2.68 bits per heavy atom. The van der Waals surface area contributed by atoms with Gasteiger partial charge in [-0.1, -0.05) is 30.3 Å². The SMILES string of the molecule is O=c1[nH]c(-c2ccccc2)nc2ccc(-n3ccnc3)cc12. The standard InChI is InChI=1S/C17H12N4O/c22-17-14-10-13(21-9-8-18-11-21)6-7-15(14)19-16(20-17)12-4-2-1-3-5-12/h1-11H,(H,19,20,22). The van der Waals surface area contributed by atoms with Gasteiger partial charge in [0, 0.05) is 23.6 Å². The van der Waals surface area contributed by atoms with E-state index in [1.807, 2.05) is 59.3 Å². The molecule has 0 radical (unpaired) electrons. The van der Waals surface area contributed by atoms with Gasteiger partial charge in [-0.2, -0.15) is 0 Å². The Morgan fingerprint density at radius 1 is 1.05 bits per heavy atom. The fraction of sp³-hybridized carbons (Fsp3) is 0. The molecule has 0 atom stereocenters. The molecule has 0 aliphatic rings. The van der Waals surface area contributed by atoms with E-state index in [2.05, 4.69) is 15.0 Å². The number of benzene rings is 2. The number of aromatic nitrogens is 4. The summed E-state index contributed by atoms with van der Waals surface area (Å²) in [7, 11) is 0. The van der Waals surface area contributed by atoms with Crippen LogP contribution in [-0.4, -0.2) is 19.5 Å². The Bertz CT molecular complexity index is 988. The highest BCUT2D eigenvalue weighted by Crippen LogP contribution is 2.18. The third-order valence-corrected chi connectivity index (χ3v) is 3.54. The van der Waals surface area contributed by atoms with Crippen LogP contribution in [0.5, 0.6) is 0 Å². The third kappa shape index (κ3) is 2.09. The van der Waals surface area contributed by atoms with Crippen molar-refractivity contribution in [3.8, 4) is 17.1 Å². The van der Waals surface area contributed by atoms with E-state index in [-0.39, 0.29) is 5.56 Å². The van der Waals surface area contributed by atoms with Crippen LogP contribution in [0.3, 0.4) is 0 Å². The zero-order chi connectivity index (χ0) is 14.9. The summed E-state index contributed by atoms with van der Waals surface area (Å²) in [6.07, 6.45) is 5.23. The molecule has 0 aliphatic carbocycles. The second kappa shape index (κ2) is 4.96. The highest BCUT2D eigenvalue weighted by molar-refractivity contribution is 5.81. The maximum absolute atomic E-state index is 12.4. The minimum absolute atomic E-state index is 0.147. The number of imidazole rings is 1. The molecule has 2 heterocycles. The third-order valence-electron chi connectivity index (χ3n) is 3.54. The Kier molecular flexibility index (Phi) is 2.83. The van der Waals surface area contributed by atoms with Gasteiger partial charge in [0.05, 0.1) is 17.2 Å². The van der Waals surface area contributed by atoms with Crippen LogP contribution in [0.1, 0.15) is 0 Å². The Labute approximate surface area is 125 Å². The highest BCUT2D eigenvalue weighted by atomic mass is 16.1. The predicted molar refractivity (Wildman–Crippen MR) is 84.9 cm³/mol. The lowest BCUT2D eigenvalue weighted by atomic mass is 10.2. The van der Waals surface area contributed by atoms with E-state index in [9.17, 15) is 4.79 Å². The minimum Gasteiger partial charge on any atom is -0.306 e. The molecular formula is C17H12N4O. The van der Waals surface area contributed by atoms with Crippen LogP contribution in [0.2, 0.25) is 0 Å². The van der Waals surface area contributed by atoms with Crippen molar-refractivity contribution in [3.63, 3.8) is 0 Å². The molecule has 5 heteroatoms. The van der Waals surface area contributed by atoms with Crippen molar-refractivity contribution in [3.05, 3.63) is 77.6 Å². The highest BCUT2D eigenvalue weighted by Gasteiger charge is 2.07. The van der Waals surface area contributed by atoms with Crippen molar-refractivity contribution in [2.24, 2.45) is 0 Å². The second-order valence-corrected chi connectivity index (χ2v) is 4.95. The van der Waals surface area contributed by atoms with Gasteiger partial charge >= 0.3 is 0 Å². The summed E-state index contributed by atoms with van der Waals surface area (Å²) in [6.45, 7) is 0. The molecule has 5 nitrogen and oxygen atoms in total. The van der Waals surface area contributed by atoms with Gasteiger partial charge in [-0.05, 0) is 18.2 Å². The first-order chi connectivity index (χ1) is 10.8. The van der Waals surface area contributed by atoms with Crippen LogP contribution in [0.4, 0.5) is 0 Å². The molecule has 0 saturated heterocycles. The van der Waals surface area contributed by atoms with E-state index in [4.69, 9.17) is 0 Å². The van der Waals surface area contributed by atoms with Gasteiger partial charge in [0.15, 0.2) is 0 Å². The van der Waals surface area contributed by atoms with Crippen LogP contribution in [0.15, 0.2) is 72.0 Å². The van der Waals surface area contributed by atoms with E-state index < -0.39 is 0 Å². The van der Waals surface area contributed by atoms with Gasteiger partial charge in [0.25, 0.3) is 5.56 Å². The first kappa shape index (κ1) is 12.5. The number of nitrogens with zero attached hydrogens (tertiary/aromatic N) is 3. The lowest BCUT2D eigenvalue weighted by Crippen LogP contribution is -2.10. The Balaban J connectivity index is 1.90. The molecule has 2 aromatic carbocycles. The fourth-order valence-electron chi connectivity index (χ4n) is 2.43. The summed E-state index contributed by atoms with van der Waals surface area (Å²) in [5.41, 5.74) is 2.29. The monoisotopic (exact) mass is 288 g/mol. The van der Waals surface area contributed by atoms with Crippen LogP contribution < -0.4 is 5.56 Å². The Hall–Kier alpha value is -3.21. The molecule has 0 saturated carbocycles. The normalized spacial score (nSPS) is 10.9. The predicted octanol–water partition coefficient (Wildman–Crippen LogP) is 2.78. The number of fused-ring (bicyclic) bond motifs is 1. The van der Waals surface area contributed by atoms with Crippen LogP contribution in [0, 0.1) is 0 Å². The summed E-state index contributed by atoms with van der Waals surface area (Å²) in [4.78, 5) is 23.8. The van der Waals surface area contributed by atoms with Crippen LogP contribution >= 0.6 is 0 Å². The molecule has 1 N–H and O–H groups in total. The number of hydrogen-bond acceptors (Lipinski definition) is 3. The van der Waals surface area contributed by atoms with Gasteiger partial charge in [0.1, 0.15) is 5.82 Å². The molecule has 106 valence electrons. The molecule has 0 unspecified atom stereocenters. The fourth-order valence-corrected chi connectivity index (χ4v) is 2.43. The molecule has 0 amide bonds. The number of hydrogen-bond donors (Lipinski definition) is 1. The summed E-state index contributed by atoms with van der Waals surface area (Å²) in [6, 6.07) is 15.2. The van der Waals surface area contributed by atoms with Gasteiger partial charge in [-0.25, -0.2) is 9.97 Å². The lowest BCUT2D eigenvalue weighted by molar-refractivity contribution is 1.06. The van der Waals surface area contributed by atoms with Crippen molar-refractivity contribution >= 4 is 10.9 Å². The zero-order valence-electron chi connectivity index (χ0n) is 11.6. The molecule has 4 aromatic rings. The average molecular weight is 288 g/mol. The van der Waals surface area contributed by atoms with E-state index in [1.165, 1.54) is 0 Å². The Morgan fingerprint density at radius 2 is 1.91 bits per heavy atom. The van der Waals surface area contributed by atoms with Crippen molar-refractivity contribution in [2.45, 2.75) is 0 Å². The van der Waals surface area contributed by atoms with Gasteiger partial charge in [0.2, 0.25) is 0 Å². The number of nitrogens with one attached hydrogen (secondary N) is 1.